The highest BCUT2D eigenvalue weighted by molar-refractivity contribution is 7.99. The third-order valence-corrected chi connectivity index (χ3v) is 4.68. The Bertz CT molecular complexity index is 694. The van der Waals surface area contributed by atoms with Crippen LogP contribution in [0.1, 0.15) is 30.0 Å². The van der Waals surface area contributed by atoms with Crippen molar-refractivity contribution in [3.05, 3.63) is 71.3 Å². The average Bonchev–Trinajstić information content (AvgIpc) is 2.61. The second-order valence-electron chi connectivity index (χ2n) is 5.80. The van der Waals surface area contributed by atoms with Crippen molar-refractivity contribution in [3.63, 3.8) is 0 Å². The molecule has 0 radical (unpaired) electrons. The van der Waals surface area contributed by atoms with Crippen molar-refractivity contribution in [2.75, 3.05) is 5.75 Å². The molecule has 0 saturated carbocycles. The number of carbonyl (C=O) groups excluding carboxylic acids is 1. The van der Waals surface area contributed by atoms with E-state index >= 15 is 0 Å². The summed E-state index contributed by atoms with van der Waals surface area (Å²) >= 11 is 1.57. The van der Waals surface area contributed by atoms with Gasteiger partial charge in [-0.05, 0) is 43.0 Å². The van der Waals surface area contributed by atoms with Gasteiger partial charge in [0.2, 0.25) is 5.91 Å². The molecule has 1 N–H and O–H groups in total. The van der Waals surface area contributed by atoms with Crippen molar-refractivity contribution in [3.8, 4) is 6.07 Å². The summed E-state index contributed by atoms with van der Waals surface area (Å²) < 4.78 is 0. The monoisotopic (exact) mass is 338 g/mol. The van der Waals surface area contributed by atoms with Gasteiger partial charge in [0.25, 0.3) is 0 Å². The van der Waals surface area contributed by atoms with Gasteiger partial charge in [-0.3, -0.25) is 4.79 Å². The molecule has 0 aliphatic carbocycles. The lowest BCUT2D eigenvalue weighted by Crippen LogP contribution is -2.34. The predicted octanol–water partition coefficient (Wildman–Crippen LogP) is 3.93. The molecular weight excluding hydrogens is 316 g/mol. The number of amides is 1. The van der Waals surface area contributed by atoms with Gasteiger partial charge in [0.05, 0.1) is 17.4 Å². The molecule has 0 aliphatic heterocycles. The molecule has 0 spiro atoms. The van der Waals surface area contributed by atoms with Crippen LogP contribution in [0.25, 0.3) is 0 Å². The van der Waals surface area contributed by atoms with Gasteiger partial charge in [0.15, 0.2) is 0 Å². The number of rotatable bonds is 8. The first kappa shape index (κ1) is 18.1. The van der Waals surface area contributed by atoms with Crippen LogP contribution < -0.4 is 5.32 Å². The van der Waals surface area contributed by atoms with E-state index in [0.29, 0.717) is 11.3 Å². The summed E-state index contributed by atoms with van der Waals surface area (Å²) in [7, 11) is 0. The standard InChI is InChI=1S/C20H22N2OS/c1-16(10-11-17-6-3-2-4-7-17)22-20(23)15-24-14-19-9-5-8-18(12-19)13-21/h2-9,12,16H,10-11,14-15H2,1H3,(H,22,23)/t16-/m1/s1. The zero-order valence-corrected chi connectivity index (χ0v) is 14.7. The number of carbonyl (C=O) groups is 1. The Morgan fingerprint density at radius 1 is 1.17 bits per heavy atom. The first-order valence-electron chi connectivity index (χ1n) is 8.07. The van der Waals surface area contributed by atoms with Crippen LogP contribution >= 0.6 is 11.8 Å². The molecule has 24 heavy (non-hydrogen) atoms. The Hall–Kier alpha value is -2.25. The van der Waals surface area contributed by atoms with Crippen LogP contribution in [0.15, 0.2) is 54.6 Å². The predicted molar refractivity (Wildman–Crippen MR) is 99.7 cm³/mol. The Morgan fingerprint density at radius 2 is 1.92 bits per heavy atom. The lowest BCUT2D eigenvalue weighted by molar-refractivity contribution is -0.119. The zero-order valence-electron chi connectivity index (χ0n) is 13.9. The molecule has 0 fully saturated rings. The van der Waals surface area contributed by atoms with Crippen molar-refractivity contribution in [2.45, 2.75) is 31.6 Å². The molecule has 0 bridgehead atoms. The number of nitrogens with zero attached hydrogens (tertiary/aromatic N) is 1. The van der Waals surface area contributed by atoms with E-state index in [1.807, 2.05) is 43.3 Å². The number of nitrogens with one attached hydrogen (secondary N) is 1. The maximum absolute atomic E-state index is 12.0. The molecule has 0 aliphatic rings. The van der Waals surface area contributed by atoms with E-state index in [-0.39, 0.29) is 11.9 Å². The average molecular weight is 338 g/mol. The van der Waals surface area contributed by atoms with E-state index in [2.05, 4.69) is 23.5 Å². The van der Waals surface area contributed by atoms with E-state index < -0.39 is 0 Å². The van der Waals surface area contributed by atoms with Crippen LogP contribution in [0, 0.1) is 11.3 Å². The second-order valence-corrected chi connectivity index (χ2v) is 6.78. The molecule has 0 unspecified atom stereocenters. The van der Waals surface area contributed by atoms with Gasteiger partial charge in [-0.1, -0.05) is 42.5 Å². The van der Waals surface area contributed by atoms with Crippen LogP contribution in [-0.4, -0.2) is 17.7 Å². The fraction of sp³-hybridized carbons (Fsp3) is 0.300. The third-order valence-electron chi connectivity index (χ3n) is 3.67. The number of nitriles is 1. The van der Waals surface area contributed by atoms with Crippen LogP contribution in [0.5, 0.6) is 0 Å². The van der Waals surface area contributed by atoms with Crippen LogP contribution in [0.3, 0.4) is 0 Å². The number of hydrogen-bond donors (Lipinski definition) is 1. The van der Waals surface area contributed by atoms with E-state index in [1.165, 1.54) is 5.56 Å². The summed E-state index contributed by atoms with van der Waals surface area (Å²) in [4.78, 5) is 12.0. The highest BCUT2D eigenvalue weighted by atomic mass is 32.2. The summed E-state index contributed by atoms with van der Waals surface area (Å²) in [5.41, 5.74) is 3.03. The number of benzene rings is 2. The maximum atomic E-state index is 12.0. The first-order chi connectivity index (χ1) is 11.7. The zero-order chi connectivity index (χ0) is 17.2. The largest absolute Gasteiger partial charge is 0.353 e. The van der Waals surface area contributed by atoms with Gasteiger partial charge < -0.3 is 5.32 Å². The van der Waals surface area contributed by atoms with Crippen molar-refractivity contribution in [1.29, 1.82) is 5.26 Å². The quantitative estimate of drug-likeness (QED) is 0.793. The highest BCUT2D eigenvalue weighted by Crippen LogP contribution is 2.13. The molecule has 1 atom stereocenters. The molecular formula is C20H22N2OS. The topological polar surface area (TPSA) is 52.9 Å². The fourth-order valence-electron chi connectivity index (χ4n) is 2.41. The fourth-order valence-corrected chi connectivity index (χ4v) is 3.19. The molecule has 0 heterocycles. The minimum absolute atomic E-state index is 0.0667. The summed E-state index contributed by atoms with van der Waals surface area (Å²) in [6.07, 6.45) is 1.90. The second kappa shape index (κ2) is 9.79. The lowest BCUT2D eigenvalue weighted by atomic mass is 10.1. The minimum Gasteiger partial charge on any atom is -0.353 e. The van der Waals surface area contributed by atoms with E-state index in [0.717, 1.165) is 24.2 Å². The number of aryl methyl sites for hydroxylation is 1. The van der Waals surface area contributed by atoms with Crippen molar-refractivity contribution in [2.24, 2.45) is 0 Å². The Balaban J connectivity index is 1.66. The molecule has 2 aromatic carbocycles. The molecule has 1 amide bonds. The van der Waals surface area contributed by atoms with Crippen LogP contribution in [0.2, 0.25) is 0 Å². The van der Waals surface area contributed by atoms with Gasteiger partial charge >= 0.3 is 0 Å². The maximum Gasteiger partial charge on any atom is 0.230 e. The Labute approximate surface area is 148 Å². The number of hydrogen-bond acceptors (Lipinski definition) is 3. The number of thioether (sulfide) groups is 1. The molecule has 2 aromatic rings. The van der Waals surface area contributed by atoms with E-state index in [9.17, 15) is 4.79 Å². The summed E-state index contributed by atoms with van der Waals surface area (Å²) in [5.74, 6) is 1.24. The Morgan fingerprint density at radius 3 is 2.67 bits per heavy atom. The first-order valence-corrected chi connectivity index (χ1v) is 9.23. The SMILES string of the molecule is C[C@H](CCc1ccccc1)NC(=O)CSCc1cccc(C#N)c1. The van der Waals surface area contributed by atoms with Crippen molar-refractivity contribution < 1.29 is 4.79 Å². The van der Waals surface area contributed by atoms with Crippen LogP contribution in [-0.2, 0) is 17.0 Å². The molecule has 3 nitrogen and oxygen atoms in total. The summed E-state index contributed by atoms with van der Waals surface area (Å²) in [5, 5.41) is 11.9. The van der Waals surface area contributed by atoms with Crippen molar-refractivity contribution >= 4 is 17.7 Å². The molecule has 4 heteroatoms. The Kier molecular flexibility index (Phi) is 7.38. The molecule has 2 rings (SSSR count). The minimum atomic E-state index is 0.0667. The highest BCUT2D eigenvalue weighted by Gasteiger charge is 2.08. The molecule has 124 valence electrons. The third kappa shape index (κ3) is 6.47. The van der Waals surface area contributed by atoms with Crippen LogP contribution in [0.4, 0.5) is 0 Å². The van der Waals surface area contributed by atoms with Crippen molar-refractivity contribution in [1.82, 2.24) is 5.32 Å². The summed E-state index contributed by atoms with van der Waals surface area (Å²) in [6, 6.07) is 20.1. The van der Waals surface area contributed by atoms with Gasteiger partial charge in [0.1, 0.15) is 0 Å². The normalized spacial score (nSPS) is 11.5. The lowest BCUT2D eigenvalue weighted by Gasteiger charge is -2.13. The smallest absolute Gasteiger partial charge is 0.230 e. The van der Waals surface area contributed by atoms with Gasteiger partial charge in [0, 0.05) is 11.8 Å². The summed E-state index contributed by atoms with van der Waals surface area (Å²) in [6.45, 7) is 2.04. The van der Waals surface area contributed by atoms with Gasteiger partial charge in [-0.25, -0.2) is 0 Å². The molecule has 0 aromatic heterocycles. The van der Waals surface area contributed by atoms with E-state index in [1.54, 1.807) is 17.8 Å². The molecule has 0 saturated heterocycles. The van der Waals surface area contributed by atoms with Gasteiger partial charge in [-0.2, -0.15) is 5.26 Å². The van der Waals surface area contributed by atoms with Gasteiger partial charge in [-0.15, -0.1) is 11.8 Å². The van der Waals surface area contributed by atoms with E-state index in [4.69, 9.17) is 5.26 Å².